The number of ketones is 1. The highest BCUT2D eigenvalue weighted by atomic mass is 16.7. The number of anilines is 1. The molecule has 5 bridgehead atoms. The molecule has 0 unspecified atom stereocenters. The van der Waals surface area contributed by atoms with E-state index in [-0.39, 0.29) is 34.7 Å². The van der Waals surface area contributed by atoms with Crippen molar-refractivity contribution < 1.29 is 65.4 Å². The van der Waals surface area contributed by atoms with Crippen LogP contribution in [0.25, 0.3) is 10.8 Å². The molecule has 2 fully saturated rings. The number of methoxy groups -OCH3 is 1. The molecule has 1 aliphatic carbocycles. The van der Waals surface area contributed by atoms with Crippen LogP contribution in [0.1, 0.15) is 99.7 Å². The van der Waals surface area contributed by atoms with E-state index in [1.165, 1.54) is 46.1 Å². The molecule has 60 heavy (non-hydrogen) atoms. The number of phenolic OH excluding ortho intramolecular Hbond substituents is 3. The molecule has 1 saturated heterocycles. The van der Waals surface area contributed by atoms with Crippen molar-refractivity contribution in [2.45, 2.75) is 110 Å². The van der Waals surface area contributed by atoms with Gasteiger partial charge in [-0.2, -0.15) is 5.10 Å². The van der Waals surface area contributed by atoms with Gasteiger partial charge in [-0.05, 0) is 32.8 Å². The number of hydrogen-bond donors (Lipinski definition) is 7. The van der Waals surface area contributed by atoms with Gasteiger partial charge in [-0.1, -0.05) is 58.8 Å². The third-order valence-electron chi connectivity index (χ3n) is 12.3. The lowest BCUT2D eigenvalue weighted by Crippen LogP contribution is -2.47. The minimum atomic E-state index is -3.42. The van der Waals surface area contributed by atoms with Crippen LogP contribution in [0.3, 0.4) is 0 Å². The number of amides is 1. The molecular weight excluding hydrogens is 773 g/mol. The highest BCUT2D eigenvalue weighted by Crippen LogP contribution is 2.55. The van der Waals surface area contributed by atoms with E-state index < -0.39 is 142 Å². The number of fused-ring (bicyclic) bond motifs is 14. The molecule has 7 N–H and O–H groups in total. The van der Waals surface area contributed by atoms with E-state index >= 15 is 0 Å². The average molecular weight is 843 g/mol. The molecule has 4 heterocycles. The van der Waals surface area contributed by atoms with Crippen LogP contribution in [0.15, 0.2) is 41.2 Å². The maximum atomic E-state index is 14.6. The van der Waals surface area contributed by atoms with Gasteiger partial charge in [0.2, 0.25) is 0 Å². The predicted octanol–water partition coefficient (Wildman–Crippen LogP) is 5.08. The number of nitrogens with zero attached hydrogens (tertiary/aromatic N) is 3. The summed E-state index contributed by atoms with van der Waals surface area (Å²) in [4.78, 5) is 29.1. The van der Waals surface area contributed by atoms with Crippen molar-refractivity contribution in [1.29, 1.82) is 0 Å². The second-order valence-electron chi connectivity index (χ2n) is 16.3. The lowest BCUT2D eigenvalue weighted by atomic mass is 9.78. The maximum Gasteiger partial charge on any atom is 0.312 e. The Labute approximate surface area is 362 Å². The minimum Gasteiger partial charge on any atom is -0.507 e. The first kappa shape index (κ1) is 35.0. The largest absolute Gasteiger partial charge is 0.507 e. The number of carbonyl (C=O) groups is 2. The zero-order valence-corrected chi connectivity index (χ0v) is 35.1. The Morgan fingerprint density at radius 1 is 0.900 bits per heavy atom. The molecule has 1 amide bonds. The van der Waals surface area contributed by atoms with E-state index in [1.54, 1.807) is 33.8 Å². The van der Waals surface area contributed by atoms with Crippen LogP contribution in [0.4, 0.5) is 5.69 Å². The zero-order valence-electron chi connectivity index (χ0n) is 43.1. The molecule has 328 valence electrons. The molecule has 5 aliphatic rings. The van der Waals surface area contributed by atoms with E-state index in [4.69, 9.17) is 25.2 Å². The number of piperazine rings is 1. The van der Waals surface area contributed by atoms with Crippen LogP contribution in [0.5, 0.6) is 23.0 Å². The number of nitrogens with one attached hydrogen (secondary N) is 1. The number of aliphatic hydroxyl groups excluding tert-OH is 3. The number of carbonyl (C=O) groups excluding carboxylic acids is 2. The number of allylic oxidation sites excluding steroid dienone is 2. The standard InChI is InChI=1S/C45H62N4O11/c1-23-12-11-13-24(2)44(57)47-35-30(22-46-49-19-17-48(18-20-49)29-14-9-10-15-29)40(54)32-33(41(35)55)39(53)28(6)42-34(32)43(56)45(7,60-42)59-21-16-31(58-8)25(3)37(51)27(5)38(52)26(4)36(23)50/h11-13,16,21-23,25-27,29,31,36-38,50-55H,9-10,14-15,17-20H2,1-8H3,(H,47,57)/b12-11+,21-16+,24-13-,46-22?/t23-,25+,26+,27-,31-,36-,37+,38+,45-/m0/s1/i17D2,18D2,19D2,20D2. The lowest BCUT2D eigenvalue weighted by Gasteiger charge is -2.36. The van der Waals surface area contributed by atoms with Crippen LogP contribution in [0, 0.1) is 30.6 Å². The van der Waals surface area contributed by atoms with Crippen molar-refractivity contribution in [2.24, 2.45) is 28.8 Å². The highest BCUT2D eigenvalue weighted by Gasteiger charge is 2.50. The maximum absolute atomic E-state index is 14.6. The van der Waals surface area contributed by atoms with Crippen molar-refractivity contribution in [3.8, 4) is 23.0 Å². The smallest absolute Gasteiger partial charge is 0.312 e. The lowest BCUT2D eigenvalue weighted by molar-refractivity contribution is -0.112. The van der Waals surface area contributed by atoms with Gasteiger partial charge < -0.3 is 50.2 Å². The third kappa shape index (κ3) is 8.47. The fourth-order valence-electron chi connectivity index (χ4n) is 8.26. The fourth-order valence-corrected chi connectivity index (χ4v) is 8.26. The molecule has 7 rings (SSSR count). The van der Waals surface area contributed by atoms with Crippen molar-refractivity contribution in [3.05, 3.63) is 52.8 Å². The Kier molecular flexibility index (Phi) is 10.6. The summed E-state index contributed by atoms with van der Waals surface area (Å²) in [6.07, 6.45) is 4.77. The van der Waals surface area contributed by atoms with Crippen LogP contribution < -0.4 is 10.1 Å². The van der Waals surface area contributed by atoms with E-state index in [9.17, 15) is 40.2 Å². The number of hydrazone groups is 1. The van der Waals surface area contributed by atoms with Gasteiger partial charge in [0.25, 0.3) is 11.7 Å². The topological polar surface area (TPSA) is 214 Å². The van der Waals surface area contributed by atoms with Gasteiger partial charge in [-0.15, -0.1) is 0 Å². The Bertz CT molecular complexity index is 2420. The third-order valence-corrected chi connectivity index (χ3v) is 12.3. The summed E-state index contributed by atoms with van der Waals surface area (Å²) in [5.41, 5.74) is -2.01. The first-order valence-electron chi connectivity index (χ1n) is 24.2. The molecule has 4 aliphatic heterocycles. The summed E-state index contributed by atoms with van der Waals surface area (Å²) in [6.45, 7) is -2.75. The second kappa shape index (κ2) is 18.1. The van der Waals surface area contributed by atoms with Gasteiger partial charge in [0.1, 0.15) is 17.2 Å². The van der Waals surface area contributed by atoms with Crippen molar-refractivity contribution in [2.75, 3.05) is 38.4 Å². The first-order chi connectivity index (χ1) is 31.4. The first-order valence-corrected chi connectivity index (χ1v) is 20.2. The summed E-state index contributed by atoms with van der Waals surface area (Å²) in [7, 11) is 1.37. The number of Topliss-reactive ketones (excluding diaryl/α,β-unsaturated/α-hetero) is 1. The molecule has 15 heteroatoms. The molecule has 0 aromatic heterocycles. The predicted molar refractivity (Wildman–Crippen MR) is 227 cm³/mol. The van der Waals surface area contributed by atoms with Crippen molar-refractivity contribution in [3.63, 3.8) is 0 Å². The molecule has 0 spiro atoms. The number of aliphatic hydroxyl groups is 3. The molecule has 2 aromatic rings. The number of phenols is 3. The van der Waals surface area contributed by atoms with Gasteiger partial charge in [0, 0.05) is 91.7 Å². The van der Waals surface area contributed by atoms with Crippen LogP contribution in [-0.2, 0) is 14.3 Å². The van der Waals surface area contributed by atoms with E-state index in [2.05, 4.69) is 10.4 Å². The minimum absolute atomic E-state index is 0.0400. The molecule has 9 atom stereocenters. The Morgan fingerprint density at radius 3 is 2.18 bits per heavy atom. The highest BCUT2D eigenvalue weighted by molar-refractivity contribution is 6.23. The number of hydrogen-bond acceptors (Lipinski definition) is 14. The SMILES string of the molecule is [2H]C1([2H])N(N=Cc2c3c(O)c4c(O)c(C)c5c(c4c2O)C(=O)[C@@](C)(O/C=C/[C@H](OC)[C@@H](C)[C@@H](O)[C@H](C)[C@H](O)[C@H](C)[C@@H](O)[C@@H](C)/C=C/C=C(/C)C(=O)N3)O5)C([2H])([2H])C([2H])([2H])N(C2CCCC2)C1([2H])[2H]. The summed E-state index contributed by atoms with van der Waals surface area (Å²) in [5, 5.41) is 75.2. The quantitative estimate of drug-likeness (QED) is 0.122. The summed E-state index contributed by atoms with van der Waals surface area (Å²) in [5.74, 6) is -9.96. The van der Waals surface area contributed by atoms with E-state index in [0.717, 1.165) is 6.26 Å². The van der Waals surface area contributed by atoms with Crippen LogP contribution in [0.2, 0.25) is 0 Å². The van der Waals surface area contributed by atoms with Crippen molar-refractivity contribution in [1.82, 2.24) is 9.91 Å². The fraction of sp³-hybridized carbons (Fsp3) is 0.578. The molecule has 1 saturated carbocycles. The van der Waals surface area contributed by atoms with Crippen LogP contribution >= 0.6 is 0 Å². The van der Waals surface area contributed by atoms with E-state index in [0.29, 0.717) is 24.0 Å². The summed E-state index contributed by atoms with van der Waals surface area (Å²) < 4.78 is 89.0. The molecule has 0 radical (unpaired) electrons. The average Bonchev–Trinajstić information content (AvgIpc) is 3.89. The Balaban J connectivity index is 1.58. The molecular formula is C45H62N4O11. The number of benzene rings is 2. The summed E-state index contributed by atoms with van der Waals surface area (Å²) >= 11 is 0. The monoisotopic (exact) mass is 842 g/mol. The van der Waals surface area contributed by atoms with E-state index in [1.807, 2.05) is 0 Å². The zero-order chi connectivity index (χ0) is 51.0. The number of aromatic hydroxyl groups is 3. The van der Waals surface area contributed by atoms with Gasteiger partial charge in [-0.25, -0.2) is 0 Å². The molecule has 15 nitrogen and oxygen atoms in total. The number of rotatable bonds is 4. The Morgan fingerprint density at radius 2 is 1.53 bits per heavy atom. The number of ether oxygens (including phenoxy) is 3. The normalized spacial score (nSPS) is 38.9. The van der Waals surface area contributed by atoms with Gasteiger partial charge in [0.05, 0.1) is 64.6 Å². The van der Waals surface area contributed by atoms with Crippen LogP contribution in [-0.4, -0.2) is 128 Å². The second-order valence-corrected chi connectivity index (χ2v) is 16.3. The van der Waals surface area contributed by atoms with Gasteiger partial charge in [0.15, 0.2) is 5.75 Å². The summed E-state index contributed by atoms with van der Waals surface area (Å²) in [6, 6.07) is -0.855. The van der Waals surface area contributed by atoms with Crippen molar-refractivity contribution >= 4 is 34.4 Å². The molecule has 2 aromatic carbocycles. The van der Waals surface area contributed by atoms with Gasteiger partial charge in [-0.3, -0.25) is 19.5 Å². The Hall–Kier alpha value is -4.67. The van der Waals surface area contributed by atoms with Gasteiger partial charge >= 0.3 is 5.79 Å².